The van der Waals surface area contributed by atoms with Gasteiger partial charge in [-0.05, 0) is 12.8 Å². The Kier molecular flexibility index (Phi) is 17.9. The van der Waals surface area contributed by atoms with Crippen molar-refractivity contribution in [3.8, 4) is 0 Å². The van der Waals surface area contributed by atoms with Crippen LogP contribution in [0.4, 0.5) is 0 Å². The first-order chi connectivity index (χ1) is 7.31. The summed E-state index contributed by atoms with van der Waals surface area (Å²) in [7, 11) is 0. The van der Waals surface area contributed by atoms with E-state index in [1.165, 1.54) is 19.3 Å². The molecule has 0 radical (unpaired) electrons. The maximum absolute atomic E-state index is 11.2. The zero-order valence-corrected chi connectivity index (χ0v) is 11.1. The van der Waals surface area contributed by atoms with E-state index in [2.05, 4.69) is 19.2 Å². The van der Waals surface area contributed by atoms with Crippen LogP contribution in [0.3, 0.4) is 0 Å². The summed E-state index contributed by atoms with van der Waals surface area (Å²) in [5.41, 5.74) is 0. The van der Waals surface area contributed by atoms with E-state index in [9.17, 15) is 4.79 Å². The minimum Gasteiger partial charge on any atom is -0.356 e. The molecule has 0 aliphatic heterocycles. The van der Waals surface area contributed by atoms with Gasteiger partial charge in [-0.15, -0.1) is 0 Å². The first kappa shape index (κ1) is 16.9. The van der Waals surface area contributed by atoms with Crippen LogP contribution < -0.4 is 5.32 Å². The van der Waals surface area contributed by atoms with Crippen molar-refractivity contribution < 1.29 is 4.79 Å². The molecule has 0 fully saturated rings. The Morgan fingerprint density at radius 1 is 0.933 bits per heavy atom. The van der Waals surface area contributed by atoms with E-state index in [-0.39, 0.29) is 5.91 Å². The van der Waals surface area contributed by atoms with Crippen LogP contribution in [0, 0.1) is 0 Å². The lowest BCUT2D eigenvalue weighted by Crippen LogP contribution is -2.23. The quantitative estimate of drug-likeness (QED) is 0.611. The van der Waals surface area contributed by atoms with Gasteiger partial charge < -0.3 is 5.32 Å². The third-order valence-corrected chi connectivity index (χ3v) is 2.11. The number of nitrogens with one attached hydrogen (secondary N) is 1. The van der Waals surface area contributed by atoms with E-state index in [1.807, 2.05) is 13.8 Å². The highest BCUT2D eigenvalue weighted by Crippen LogP contribution is 2.01. The zero-order valence-electron chi connectivity index (χ0n) is 11.1. The van der Waals surface area contributed by atoms with Gasteiger partial charge in [-0.3, -0.25) is 4.79 Å². The monoisotopic (exact) mass is 215 g/mol. The molecular formula is C13H29NO. The first-order valence-corrected chi connectivity index (χ1v) is 6.58. The SMILES string of the molecule is CC.CCCCCCC(=O)NCCCC. The van der Waals surface area contributed by atoms with Crippen molar-refractivity contribution in [1.29, 1.82) is 0 Å². The molecule has 2 nitrogen and oxygen atoms in total. The van der Waals surface area contributed by atoms with E-state index in [1.54, 1.807) is 0 Å². The molecule has 0 bridgehead atoms. The highest BCUT2D eigenvalue weighted by Gasteiger charge is 1.98. The van der Waals surface area contributed by atoms with Gasteiger partial charge in [0.1, 0.15) is 0 Å². The number of amides is 1. The fraction of sp³-hybridized carbons (Fsp3) is 0.923. The Bertz CT molecular complexity index is 124. The molecule has 0 aliphatic carbocycles. The molecular weight excluding hydrogens is 186 g/mol. The fourth-order valence-electron chi connectivity index (χ4n) is 1.21. The van der Waals surface area contributed by atoms with E-state index < -0.39 is 0 Å². The number of carbonyl (C=O) groups excluding carboxylic acids is 1. The molecule has 0 saturated carbocycles. The van der Waals surface area contributed by atoms with Crippen LogP contribution in [-0.4, -0.2) is 12.5 Å². The smallest absolute Gasteiger partial charge is 0.219 e. The topological polar surface area (TPSA) is 29.1 Å². The van der Waals surface area contributed by atoms with Crippen molar-refractivity contribution in [2.24, 2.45) is 0 Å². The number of hydrogen-bond acceptors (Lipinski definition) is 1. The van der Waals surface area contributed by atoms with Crippen LogP contribution in [0.25, 0.3) is 0 Å². The van der Waals surface area contributed by atoms with Gasteiger partial charge in [-0.1, -0.05) is 53.4 Å². The molecule has 1 N–H and O–H groups in total. The van der Waals surface area contributed by atoms with Crippen molar-refractivity contribution in [2.45, 2.75) is 72.6 Å². The van der Waals surface area contributed by atoms with Crippen molar-refractivity contribution in [3.05, 3.63) is 0 Å². The van der Waals surface area contributed by atoms with Crippen molar-refractivity contribution in [1.82, 2.24) is 5.32 Å². The molecule has 0 unspecified atom stereocenters. The highest BCUT2D eigenvalue weighted by atomic mass is 16.1. The Labute approximate surface area is 95.8 Å². The standard InChI is InChI=1S/C11H23NO.C2H6/c1-3-5-7-8-9-11(13)12-10-6-4-2;1-2/h3-10H2,1-2H3,(H,12,13);1-2H3. The molecule has 0 aromatic carbocycles. The average molecular weight is 215 g/mol. The maximum Gasteiger partial charge on any atom is 0.219 e. The summed E-state index contributed by atoms with van der Waals surface area (Å²) in [4.78, 5) is 11.2. The summed E-state index contributed by atoms with van der Waals surface area (Å²) in [6, 6.07) is 0. The Morgan fingerprint density at radius 2 is 1.53 bits per heavy atom. The number of carbonyl (C=O) groups is 1. The normalized spacial score (nSPS) is 9.07. The van der Waals surface area contributed by atoms with E-state index >= 15 is 0 Å². The molecule has 1 amide bonds. The summed E-state index contributed by atoms with van der Waals surface area (Å²) in [6.07, 6.45) is 7.68. The third-order valence-electron chi connectivity index (χ3n) is 2.11. The molecule has 0 atom stereocenters. The van der Waals surface area contributed by atoms with Gasteiger partial charge in [-0.25, -0.2) is 0 Å². The lowest BCUT2D eigenvalue weighted by molar-refractivity contribution is -0.121. The van der Waals surface area contributed by atoms with Gasteiger partial charge in [0.15, 0.2) is 0 Å². The molecule has 0 spiro atoms. The summed E-state index contributed by atoms with van der Waals surface area (Å²) in [6.45, 7) is 9.16. The zero-order chi connectivity index (χ0) is 11.9. The van der Waals surface area contributed by atoms with E-state index in [0.717, 1.165) is 25.8 Å². The lowest BCUT2D eigenvalue weighted by atomic mass is 10.1. The van der Waals surface area contributed by atoms with Crippen molar-refractivity contribution in [3.63, 3.8) is 0 Å². The second kappa shape index (κ2) is 15.9. The van der Waals surface area contributed by atoms with Gasteiger partial charge in [0.25, 0.3) is 0 Å². The molecule has 92 valence electrons. The lowest BCUT2D eigenvalue weighted by Gasteiger charge is -2.03. The van der Waals surface area contributed by atoms with Crippen LogP contribution in [0.5, 0.6) is 0 Å². The van der Waals surface area contributed by atoms with Crippen molar-refractivity contribution >= 4 is 5.91 Å². The second-order valence-electron chi connectivity index (χ2n) is 3.51. The van der Waals surface area contributed by atoms with Gasteiger partial charge in [0.2, 0.25) is 5.91 Å². The summed E-state index contributed by atoms with van der Waals surface area (Å²) < 4.78 is 0. The number of rotatable bonds is 8. The van der Waals surface area contributed by atoms with Gasteiger partial charge in [0.05, 0.1) is 0 Å². The number of hydrogen-bond donors (Lipinski definition) is 1. The molecule has 0 aliphatic rings. The average Bonchev–Trinajstić information content (AvgIpc) is 2.28. The van der Waals surface area contributed by atoms with Crippen LogP contribution in [-0.2, 0) is 4.79 Å². The second-order valence-corrected chi connectivity index (χ2v) is 3.51. The summed E-state index contributed by atoms with van der Waals surface area (Å²) >= 11 is 0. The predicted octanol–water partition coefficient (Wildman–Crippen LogP) is 3.90. The minimum absolute atomic E-state index is 0.226. The first-order valence-electron chi connectivity index (χ1n) is 6.58. The van der Waals surface area contributed by atoms with Crippen LogP contribution in [0.2, 0.25) is 0 Å². The van der Waals surface area contributed by atoms with Gasteiger partial charge >= 0.3 is 0 Å². The minimum atomic E-state index is 0.226. The third kappa shape index (κ3) is 16.2. The maximum atomic E-state index is 11.2. The molecule has 0 aromatic rings. The van der Waals surface area contributed by atoms with Gasteiger partial charge in [0, 0.05) is 13.0 Å². The Morgan fingerprint density at radius 3 is 2.07 bits per heavy atom. The van der Waals surface area contributed by atoms with Crippen LogP contribution in [0.1, 0.15) is 72.6 Å². The highest BCUT2D eigenvalue weighted by molar-refractivity contribution is 5.75. The molecule has 0 saturated heterocycles. The van der Waals surface area contributed by atoms with Crippen LogP contribution in [0.15, 0.2) is 0 Å². The molecule has 0 rings (SSSR count). The van der Waals surface area contributed by atoms with Gasteiger partial charge in [-0.2, -0.15) is 0 Å². The summed E-state index contributed by atoms with van der Waals surface area (Å²) in [5.74, 6) is 0.226. The molecule has 2 heteroatoms. The molecule has 0 aromatic heterocycles. The molecule has 15 heavy (non-hydrogen) atoms. The van der Waals surface area contributed by atoms with E-state index in [0.29, 0.717) is 6.42 Å². The Balaban J connectivity index is 0. The number of unbranched alkanes of at least 4 members (excludes halogenated alkanes) is 4. The Hall–Kier alpha value is -0.530. The van der Waals surface area contributed by atoms with Crippen LogP contribution >= 0.6 is 0 Å². The van der Waals surface area contributed by atoms with Crippen molar-refractivity contribution in [2.75, 3.05) is 6.54 Å². The fourth-order valence-corrected chi connectivity index (χ4v) is 1.21. The van der Waals surface area contributed by atoms with E-state index in [4.69, 9.17) is 0 Å². The largest absolute Gasteiger partial charge is 0.356 e. The predicted molar refractivity (Wildman–Crippen MR) is 68.0 cm³/mol. The molecule has 0 heterocycles. The summed E-state index contributed by atoms with van der Waals surface area (Å²) in [5, 5.41) is 2.92.